The fourth-order valence-corrected chi connectivity index (χ4v) is 2.18. The van der Waals surface area contributed by atoms with Crippen LogP contribution in [0.25, 0.3) is 0 Å². The van der Waals surface area contributed by atoms with E-state index in [1.165, 1.54) is 44.1 Å². The van der Waals surface area contributed by atoms with Gasteiger partial charge < -0.3 is 0 Å². The molecule has 0 unspecified atom stereocenters. The lowest BCUT2D eigenvalue weighted by Gasteiger charge is -2.14. The van der Waals surface area contributed by atoms with Crippen LogP contribution in [0.4, 0.5) is 0 Å². The molecule has 0 amide bonds. The fraction of sp³-hybridized carbons (Fsp3) is 0.667. The van der Waals surface area contributed by atoms with Crippen molar-refractivity contribution in [2.24, 2.45) is 5.92 Å². The van der Waals surface area contributed by atoms with Gasteiger partial charge >= 0.3 is 0 Å². The number of hydrogen-bond donors (Lipinski definition) is 0. The van der Waals surface area contributed by atoms with Crippen LogP contribution in [0.15, 0.2) is 18.3 Å². The van der Waals surface area contributed by atoms with Crippen LogP contribution in [0.2, 0.25) is 0 Å². The van der Waals surface area contributed by atoms with Gasteiger partial charge in [-0.1, -0.05) is 39.5 Å². The van der Waals surface area contributed by atoms with Crippen LogP contribution >= 0.6 is 0 Å². The summed E-state index contributed by atoms with van der Waals surface area (Å²) in [6, 6.07) is 4.37. The van der Waals surface area contributed by atoms with Gasteiger partial charge in [0.05, 0.1) is 0 Å². The fourth-order valence-electron chi connectivity index (χ4n) is 2.18. The predicted octanol–water partition coefficient (Wildman–Crippen LogP) is 4.54. The summed E-state index contributed by atoms with van der Waals surface area (Å²) in [5.74, 6) is 0.911. The molecular weight excluding hydrogens is 194 g/mol. The van der Waals surface area contributed by atoms with E-state index in [9.17, 15) is 0 Å². The number of rotatable bonds is 7. The molecule has 1 aromatic rings. The van der Waals surface area contributed by atoms with Crippen LogP contribution in [0.3, 0.4) is 0 Å². The first-order valence-corrected chi connectivity index (χ1v) is 6.67. The van der Waals surface area contributed by atoms with Crippen molar-refractivity contribution in [2.45, 2.75) is 59.3 Å². The highest BCUT2D eigenvalue weighted by Crippen LogP contribution is 2.19. The minimum atomic E-state index is 0.911. The van der Waals surface area contributed by atoms with Crippen molar-refractivity contribution in [3.05, 3.63) is 29.6 Å². The molecule has 0 saturated heterocycles. The van der Waals surface area contributed by atoms with E-state index >= 15 is 0 Å². The normalized spacial score (nSPS) is 12.7. The largest absolute Gasteiger partial charge is 0.262 e. The minimum absolute atomic E-state index is 0.911. The molecule has 1 nitrogen and oxygen atoms in total. The van der Waals surface area contributed by atoms with E-state index in [0.717, 1.165) is 11.6 Å². The van der Waals surface area contributed by atoms with Crippen LogP contribution in [0, 0.1) is 12.8 Å². The van der Waals surface area contributed by atoms with Crippen LogP contribution in [-0.2, 0) is 6.42 Å². The molecule has 0 spiro atoms. The number of aromatic nitrogens is 1. The van der Waals surface area contributed by atoms with Gasteiger partial charge in [-0.05, 0) is 43.4 Å². The molecule has 0 N–H and O–H groups in total. The summed E-state index contributed by atoms with van der Waals surface area (Å²) in [6.45, 7) is 6.66. The van der Waals surface area contributed by atoms with Crippen molar-refractivity contribution in [2.75, 3.05) is 0 Å². The molecule has 0 aliphatic heterocycles. The van der Waals surface area contributed by atoms with Crippen molar-refractivity contribution >= 4 is 0 Å². The highest BCUT2D eigenvalue weighted by molar-refractivity contribution is 5.15. The Hall–Kier alpha value is -0.850. The number of aryl methyl sites for hydroxylation is 2. The van der Waals surface area contributed by atoms with E-state index in [0.29, 0.717) is 0 Å². The topological polar surface area (TPSA) is 12.9 Å². The first kappa shape index (κ1) is 13.2. The quantitative estimate of drug-likeness (QED) is 0.656. The Morgan fingerprint density at radius 3 is 2.69 bits per heavy atom. The molecule has 0 aromatic carbocycles. The molecule has 0 fully saturated rings. The van der Waals surface area contributed by atoms with Gasteiger partial charge in [-0.25, -0.2) is 0 Å². The highest BCUT2D eigenvalue weighted by atomic mass is 14.6. The second-order valence-electron chi connectivity index (χ2n) is 4.76. The monoisotopic (exact) mass is 219 g/mol. The van der Waals surface area contributed by atoms with Gasteiger partial charge in [-0.15, -0.1) is 0 Å². The van der Waals surface area contributed by atoms with Gasteiger partial charge in [-0.3, -0.25) is 4.98 Å². The summed E-state index contributed by atoms with van der Waals surface area (Å²) in [7, 11) is 0. The maximum atomic E-state index is 4.24. The Morgan fingerprint density at radius 1 is 1.25 bits per heavy atom. The Labute approximate surface area is 100 Å². The SMILES string of the molecule is CCCC[C@H](CC)CCc1ccnc(C)c1. The van der Waals surface area contributed by atoms with E-state index in [1.54, 1.807) is 0 Å². The summed E-state index contributed by atoms with van der Waals surface area (Å²) < 4.78 is 0. The Bertz CT molecular complexity index is 293. The molecule has 0 aliphatic rings. The maximum Gasteiger partial charge on any atom is 0.0375 e. The zero-order valence-electron chi connectivity index (χ0n) is 11.0. The molecule has 16 heavy (non-hydrogen) atoms. The summed E-state index contributed by atoms with van der Waals surface area (Å²) >= 11 is 0. The lowest BCUT2D eigenvalue weighted by atomic mass is 9.92. The van der Waals surface area contributed by atoms with Gasteiger partial charge in [0.25, 0.3) is 0 Å². The lowest BCUT2D eigenvalue weighted by Crippen LogP contribution is -2.01. The average molecular weight is 219 g/mol. The molecule has 1 rings (SSSR count). The third kappa shape index (κ3) is 4.78. The van der Waals surface area contributed by atoms with Crippen molar-refractivity contribution in [3.8, 4) is 0 Å². The van der Waals surface area contributed by atoms with E-state index in [1.807, 2.05) is 6.20 Å². The zero-order chi connectivity index (χ0) is 11.8. The molecule has 0 aliphatic carbocycles. The summed E-state index contributed by atoms with van der Waals surface area (Å²) in [6.07, 6.45) is 9.91. The Balaban J connectivity index is 2.37. The molecule has 90 valence electrons. The first-order valence-electron chi connectivity index (χ1n) is 6.67. The van der Waals surface area contributed by atoms with Crippen molar-refractivity contribution in [1.82, 2.24) is 4.98 Å². The van der Waals surface area contributed by atoms with Gasteiger partial charge in [0.15, 0.2) is 0 Å². The molecule has 0 saturated carbocycles. The van der Waals surface area contributed by atoms with Crippen molar-refractivity contribution in [3.63, 3.8) is 0 Å². The molecule has 1 heteroatoms. The standard InChI is InChI=1S/C15H25N/c1-4-6-7-14(5-2)8-9-15-10-11-16-13(3)12-15/h10-12,14H,4-9H2,1-3H3/t14-/m0/s1. The minimum Gasteiger partial charge on any atom is -0.262 e. The van der Waals surface area contributed by atoms with Crippen LogP contribution in [-0.4, -0.2) is 4.98 Å². The van der Waals surface area contributed by atoms with Gasteiger partial charge in [0.1, 0.15) is 0 Å². The molecule has 1 atom stereocenters. The zero-order valence-corrected chi connectivity index (χ0v) is 11.0. The maximum absolute atomic E-state index is 4.24. The molecule has 0 radical (unpaired) electrons. The van der Waals surface area contributed by atoms with Crippen molar-refractivity contribution in [1.29, 1.82) is 0 Å². The number of unbranched alkanes of at least 4 members (excludes halogenated alkanes) is 1. The van der Waals surface area contributed by atoms with Gasteiger partial charge in [0, 0.05) is 11.9 Å². The van der Waals surface area contributed by atoms with Gasteiger partial charge in [0.2, 0.25) is 0 Å². The van der Waals surface area contributed by atoms with E-state index < -0.39 is 0 Å². The summed E-state index contributed by atoms with van der Waals surface area (Å²) in [5.41, 5.74) is 2.58. The molecule has 0 bridgehead atoms. The molecular formula is C15H25N. The summed E-state index contributed by atoms with van der Waals surface area (Å²) in [5, 5.41) is 0. The second kappa shape index (κ2) is 7.43. The third-order valence-electron chi connectivity index (χ3n) is 3.35. The first-order chi connectivity index (χ1) is 7.76. The summed E-state index contributed by atoms with van der Waals surface area (Å²) in [4.78, 5) is 4.24. The van der Waals surface area contributed by atoms with Crippen molar-refractivity contribution < 1.29 is 0 Å². The molecule has 1 heterocycles. The smallest absolute Gasteiger partial charge is 0.0375 e. The number of pyridine rings is 1. The number of nitrogens with zero attached hydrogens (tertiary/aromatic N) is 1. The average Bonchev–Trinajstić information content (AvgIpc) is 2.29. The van der Waals surface area contributed by atoms with E-state index in [4.69, 9.17) is 0 Å². The Morgan fingerprint density at radius 2 is 2.06 bits per heavy atom. The van der Waals surface area contributed by atoms with E-state index in [2.05, 4.69) is 37.9 Å². The predicted molar refractivity (Wildman–Crippen MR) is 70.6 cm³/mol. The second-order valence-corrected chi connectivity index (χ2v) is 4.76. The highest BCUT2D eigenvalue weighted by Gasteiger charge is 2.06. The number of hydrogen-bond acceptors (Lipinski definition) is 1. The van der Waals surface area contributed by atoms with E-state index in [-0.39, 0.29) is 0 Å². The third-order valence-corrected chi connectivity index (χ3v) is 3.35. The van der Waals surface area contributed by atoms with Crippen LogP contribution in [0.5, 0.6) is 0 Å². The molecule has 1 aromatic heterocycles. The van der Waals surface area contributed by atoms with Crippen LogP contribution < -0.4 is 0 Å². The Kier molecular flexibility index (Phi) is 6.14. The van der Waals surface area contributed by atoms with Gasteiger partial charge in [-0.2, -0.15) is 0 Å². The van der Waals surface area contributed by atoms with Crippen LogP contribution in [0.1, 0.15) is 57.2 Å². The lowest BCUT2D eigenvalue weighted by molar-refractivity contribution is 0.422.